The molecule has 0 saturated heterocycles. The number of sulfonamides is 1. The predicted octanol–water partition coefficient (Wildman–Crippen LogP) is 3.07. The van der Waals surface area contributed by atoms with Crippen LogP contribution in [0.5, 0.6) is 0 Å². The summed E-state index contributed by atoms with van der Waals surface area (Å²) in [5, 5.41) is 0. The topological polar surface area (TPSA) is 64.0 Å². The smallest absolute Gasteiger partial charge is 0.241 e. The zero-order valence-corrected chi connectivity index (χ0v) is 15.0. The zero-order valence-electron chi connectivity index (χ0n) is 14.1. The second-order valence-electron chi connectivity index (χ2n) is 5.92. The number of benzene rings is 2. The van der Waals surface area contributed by atoms with Crippen molar-refractivity contribution >= 4 is 10.0 Å². The average molecular weight is 377 g/mol. The molecule has 1 aromatic heterocycles. The number of hydrogen-bond donors (Lipinski definition) is 1. The Morgan fingerprint density at radius 1 is 1.12 bits per heavy atom. The van der Waals surface area contributed by atoms with Crippen molar-refractivity contribution in [2.45, 2.75) is 17.9 Å². The van der Waals surface area contributed by atoms with Gasteiger partial charge < -0.3 is 4.57 Å². The second kappa shape index (κ2) is 6.97. The molecule has 2 aromatic carbocycles. The van der Waals surface area contributed by atoms with Gasteiger partial charge in [-0.1, -0.05) is 12.1 Å². The van der Waals surface area contributed by atoms with Crippen molar-refractivity contribution in [3.63, 3.8) is 0 Å². The molecule has 1 heterocycles. The van der Waals surface area contributed by atoms with Crippen LogP contribution in [0.4, 0.5) is 8.78 Å². The molecule has 3 aromatic rings. The van der Waals surface area contributed by atoms with Gasteiger partial charge in [-0.2, -0.15) is 4.72 Å². The van der Waals surface area contributed by atoms with Gasteiger partial charge in [0.05, 0.1) is 4.90 Å². The van der Waals surface area contributed by atoms with Crippen LogP contribution in [0.1, 0.15) is 23.0 Å². The second-order valence-corrected chi connectivity index (χ2v) is 7.60. The predicted molar refractivity (Wildman–Crippen MR) is 92.9 cm³/mol. The summed E-state index contributed by atoms with van der Waals surface area (Å²) in [5.74, 6) is -0.606. The van der Waals surface area contributed by atoms with Gasteiger partial charge in [0.1, 0.15) is 23.5 Å². The molecule has 0 spiro atoms. The number of nitrogens with one attached hydrogen (secondary N) is 1. The summed E-state index contributed by atoms with van der Waals surface area (Å²) in [6, 6.07) is 8.16. The minimum Gasteiger partial charge on any atom is -0.336 e. The van der Waals surface area contributed by atoms with Crippen LogP contribution in [-0.2, 0) is 17.1 Å². The van der Waals surface area contributed by atoms with Gasteiger partial charge in [0.25, 0.3) is 0 Å². The largest absolute Gasteiger partial charge is 0.336 e. The number of aryl methyl sites for hydroxylation is 2. The van der Waals surface area contributed by atoms with Crippen molar-refractivity contribution in [1.29, 1.82) is 0 Å². The fraction of sp³-hybridized carbons (Fsp3) is 0.167. The van der Waals surface area contributed by atoms with Crippen LogP contribution in [0.2, 0.25) is 0 Å². The summed E-state index contributed by atoms with van der Waals surface area (Å²) in [4.78, 5) is 4.14. The summed E-state index contributed by atoms with van der Waals surface area (Å²) in [6.07, 6.45) is 3.19. The summed E-state index contributed by atoms with van der Waals surface area (Å²) in [5.41, 5.74) is 0.679. The minimum absolute atomic E-state index is 0.0467. The molecule has 1 atom stereocenters. The third-order valence-corrected chi connectivity index (χ3v) is 5.58. The molecule has 3 rings (SSSR count). The van der Waals surface area contributed by atoms with Gasteiger partial charge in [0.2, 0.25) is 10.0 Å². The molecule has 8 heteroatoms. The maximum absolute atomic E-state index is 13.7. The van der Waals surface area contributed by atoms with Crippen molar-refractivity contribution in [1.82, 2.24) is 14.3 Å². The highest BCUT2D eigenvalue weighted by Gasteiger charge is 2.27. The normalized spacial score (nSPS) is 12.9. The Kier molecular flexibility index (Phi) is 4.88. The highest BCUT2D eigenvalue weighted by atomic mass is 32.2. The highest BCUT2D eigenvalue weighted by molar-refractivity contribution is 7.89. The van der Waals surface area contributed by atoms with Crippen LogP contribution in [0, 0.1) is 18.6 Å². The molecule has 0 radical (unpaired) electrons. The summed E-state index contributed by atoms with van der Waals surface area (Å²) in [6.45, 7) is 1.51. The van der Waals surface area contributed by atoms with Gasteiger partial charge in [-0.25, -0.2) is 22.2 Å². The molecule has 0 fully saturated rings. The molecule has 0 saturated carbocycles. The molecule has 0 aliphatic rings. The van der Waals surface area contributed by atoms with Gasteiger partial charge >= 0.3 is 0 Å². The fourth-order valence-corrected chi connectivity index (χ4v) is 4.15. The number of imidazole rings is 1. The lowest BCUT2D eigenvalue weighted by atomic mass is 10.1. The maximum atomic E-state index is 13.7. The third kappa shape index (κ3) is 3.66. The molecule has 5 nitrogen and oxygen atoms in total. The molecular weight excluding hydrogens is 360 g/mol. The van der Waals surface area contributed by atoms with E-state index < -0.39 is 27.7 Å². The number of aromatic nitrogens is 2. The van der Waals surface area contributed by atoms with E-state index in [1.807, 2.05) is 0 Å². The summed E-state index contributed by atoms with van der Waals surface area (Å²) >= 11 is 0. The van der Waals surface area contributed by atoms with E-state index in [1.54, 1.807) is 23.9 Å². The van der Waals surface area contributed by atoms with Gasteiger partial charge in [-0.15, -0.1) is 0 Å². The Labute approximate surface area is 150 Å². The zero-order chi connectivity index (χ0) is 18.9. The maximum Gasteiger partial charge on any atom is 0.241 e. The van der Waals surface area contributed by atoms with Gasteiger partial charge in [0.15, 0.2) is 0 Å². The van der Waals surface area contributed by atoms with Crippen molar-refractivity contribution in [3.05, 3.63) is 83.4 Å². The fourth-order valence-electron chi connectivity index (χ4n) is 2.74. The summed E-state index contributed by atoms with van der Waals surface area (Å²) in [7, 11) is -2.29. The van der Waals surface area contributed by atoms with Crippen LogP contribution in [0.15, 0.2) is 59.8 Å². The first-order chi connectivity index (χ1) is 12.3. The van der Waals surface area contributed by atoms with Gasteiger partial charge in [-0.05, 0) is 48.4 Å². The van der Waals surface area contributed by atoms with E-state index in [9.17, 15) is 17.2 Å². The molecule has 26 heavy (non-hydrogen) atoms. The number of hydrogen-bond acceptors (Lipinski definition) is 3. The molecule has 136 valence electrons. The molecule has 0 amide bonds. The van der Waals surface area contributed by atoms with E-state index in [0.29, 0.717) is 11.4 Å². The Morgan fingerprint density at radius 2 is 1.85 bits per heavy atom. The number of halogens is 2. The lowest BCUT2D eigenvalue weighted by Crippen LogP contribution is -2.31. The number of nitrogens with zero attached hydrogens (tertiary/aromatic N) is 2. The van der Waals surface area contributed by atoms with E-state index in [2.05, 4.69) is 9.71 Å². The average Bonchev–Trinajstić information content (AvgIpc) is 2.98. The Hall–Kier alpha value is -2.58. The standard InChI is InChI=1S/C18H17F2N3O2S/c1-12-10-15(20)6-7-16(12)26(24,25)22-17(18-21-8-9-23(18)2)13-4-3-5-14(19)11-13/h3-11,17,22H,1-2H3. The quantitative estimate of drug-likeness (QED) is 0.743. The molecule has 0 bridgehead atoms. The highest BCUT2D eigenvalue weighted by Crippen LogP contribution is 2.25. The van der Waals surface area contributed by atoms with E-state index in [0.717, 1.165) is 12.1 Å². The van der Waals surface area contributed by atoms with E-state index in [-0.39, 0.29) is 10.5 Å². The van der Waals surface area contributed by atoms with Crippen molar-refractivity contribution in [2.24, 2.45) is 7.05 Å². The molecule has 0 aliphatic heterocycles. The van der Waals surface area contributed by atoms with Crippen LogP contribution in [0.3, 0.4) is 0 Å². The van der Waals surface area contributed by atoms with Gasteiger partial charge in [-0.3, -0.25) is 0 Å². The lowest BCUT2D eigenvalue weighted by Gasteiger charge is -2.20. The first kappa shape index (κ1) is 18.2. The Morgan fingerprint density at radius 3 is 2.46 bits per heavy atom. The lowest BCUT2D eigenvalue weighted by molar-refractivity contribution is 0.559. The van der Waals surface area contributed by atoms with Gasteiger partial charge in [0, 0.05) is 19.4 Å². The van der Waals surface area contributed by atoms with Crippen molar-refractivity contribution < 1.29 is 17.2 Å². The van der Waals surface area contributed by atoms with Crippen molar-refractivity contribution in [2.75, 3.05) is 0 Å². The van der Waals surface area contributed by atoms with Crippen LogP contribution >= 0.6 is 0 Å². The molecule has 1 unspecified atom stereocenters. The van der Waals surface area contributed by atoms with Crippen LogP contribution in [0.25, 0.3) is 0 Å². The number of rotatable bonds is 5. The van der Waals surface area contributed by atoms with E-state index in [4.69, 9.17) is 0 Å². The third-order valence-electron chi connectivity index (χ3n) is 4.00. The SMILES string of the molecule is Cc1cc(F)ccc1S(=O)(=O)NC(c1cccc(F)c1)c1nccn1C. The molecule has 1 N–H and O–H groups in total. The first-order valence-electron chi connectivity index (χ1n) is 7.79. The Balaban J connectivity index is 2.07. The minimum atomic E-state index is -4.00. The molecular formula is C18H17F2N3O2S. The van der Waals surface area contributed by atoms with E-state index in [1.165, 1.54) is 37.4 Å². The molecule has 0 aliphatic carbocycles. The Bertz CT molecular complexity index is 1050. The van der Waals surface area contributed by atoms with E-state index >= 15 is 0 Å². The first-order valence-corrected chi connectivity index (χ1v) is 9.27. The summed E-state index contributed by atoms with van der Waals surface area (Å²) < 4.78 is 57.0. The monoisotopic (exact) mass is 377 g/mol. The van der Waals surface area contributed by atoms with Crippen LogP contribution in [-0.4, -0.2) is 18.0 Å². The van der Waals surface area contributed by atoms with Crippen LogP contribution < -0.4 is 4.72 Å². The van der Waals surface area contributed by atoms with Crippen molar-refractivity contribution in [3.8, 4) is 0 Å².